The van der Waals surface area contributed by atoms with E-state index >= 15 is 0 Å². The summed E-state index contributed by atoms with van der Waals surface area (Å²) in [5, 5.41) is 3.74. The second-order valence-electron chi connectivity index (χ2n) is 6.37. The van der Waals surface area contributed by atoms with Gasteiger partial charge in [0.25, 0.3) is 0 Å². The van der Waals surface area contributed by atoms with Gasteiger partial charge in [-0.2, -0.15) is 0 Å². The standard InChI is InChI=1S/C16H34N2/c1-5-8-15-13-18(11-7-10-14(3)4)16(9-6-2)12-17-15/h14-17H,5-13H2,1-4H3. The fraction of sp³-hybridized carbons (Fsp3) is 1.00. The van der Waals surface area contributed by atoms with E-state index in [1.165, 1.54) is 58.2 Å². The topological polar surface area (TPSA) is 15.3 Å². The highest BCUT2D eigenvalue weighted by Gasteiger charge is 2.26. The lowest BCUT2D eigenvalue weighted by molar-refractivity contribution is 0.116. The van der Waals surface area contributed by atoms with Crippen molar-refractivity contribution in [2.24, 2.45) is 5.92 Å². The summed E-state index contributed by atoms with van der Waals surface area (Å²) in [7, 11) is 0. The molecule has 0 spiro atoms. The minimum atomic E-state index is 0.738. The monoisotopic (exact) mass is 254 g/mol. The molecule has 0 aliphatic carbocycles. The first kappa shape index (κ1) is 16.0. The van der Waals surface area contributed by atoms with Crippen LogP contribution in [0.5, 0.6) is 0 Å². The number of hydrogen-bond acceptors (Lipinski definition) is 2. The number of nitrogens with one attached hydrogen (secondary N) is 1. The summed E-state index contributed by atoms with van der Waals surface area (Å²) in [5.74, 6) is 0.851. The summed E-state index contributed by atoms with van der Waals surface area (Å²) in [6.45, 7) is 13.1. The second-order valence-corrected chi connectivity index (χ2v) is 6.37. The van der Waals surface area contributed by atoms with Gasteiger partial charge in [-0.15, -0.1) is 0 Å². The molecule has 18 heavy (non-hydrogen) atoms. The molecule has 2 atom stereocenters. The van der Waals surface area contributed by atoms with Crippen molar-refractivity contribution in [1.82, 2.24) is 10.2 Å². The highest BCUT2D eigenvalue weighted by molar-refractivity contribution is 4.85. The van der Waals surface area contributed by atoms with Gasteiger partial charge in [0.05, 0.1) is 0 Å². The van der Waals surface area contributed by atoms with Gasteiger partial charge in [0.2, 0.25) is 0 Å². The van der Waals surface area contributed by atoms with Gasteiger partial charge in [-0.1, -0.05) is 40.5 Å². The zero-order valence-electron chi connectivity index (χ0n) is 13.0. The lowest BCUT2D eigenvalue weighted by Crippen LogP contribution is -2.56. The van der Waals surface area contributed by atoms with Crippen LogP contribution in [0.15, 0.2) is 0 Å². The van der Waals surface area contributed by atoms with Gasteiger partial charge in [-0.25, -0.2) is 0 Å². The number of rotatable bonds is 8. The van der Waals surface area contributed by atoms with Gasteiger partial charge in [0.15, 0.2) is 0 Å². The first-order valence-corrected chi connectivity index (χ1v) is 8.14. The summed E-state index contributed by atoms with van der Waals surface area (Å²) in [6.07, 6.45) is 8.05. The number of nitrogens with zero attached hydrogens (tertiary/aromatic N) is 1. The Kier molecular flexibility index (Phi) is 7.92. The van der Waals surface area contributed by atoms with E-state index < -0.39 is 0 Å². The molecule has 0 amide bonds. The van der Waals surface area contributed by atoms with E-state index in [0.29, 0.717) is 0 Å². The maximum absolute atomic E-state index is 3.74. The van der Waals surface area contributed by atoms with E-state index in [2.05, 4.69) is 37.9 Å². The van der Waals surface area contributed by atoms with Crippen LogP contribution < -0.4 is 5.32 Å². The number of hydrogen-bond donors (Lipinski definition) is 1. The molecule has 1 rings (SSSR count). The molecule has 1 saturated heterocycles. The summed E-state index contributed by atoms with van der Waals surface area (Å²) in [5.41, 5.74) is 0. The van der Waals surface area contributed by atoms with Crippen molar-refractivity contribution in [3.8, 4) is 0 Å². The van der Waals surface area contributed by atoms with Crippen molar-refractivity contribution in [2.45, 2.75) is 78.3 Å². The van der Waals surface area contributed by atoms with E-state index in [-0.39, 0.29) is 0 Å². The maximum atomic E-state index is 3.74. The normalized spacial score (nSPS) is 25.8. The van der Waals surface area contributed by atoms with Crippen molar-refractivity contribution in [3.05, 3.63) is 0 Å². The Morgan fingerprint density at radius 2 is 1.89 bits per heavy atom. The van der Waals surface area contributed by atoms with Crippen LogP contribution in [-0.4, -0.2) is 36.6 Å². The van der Waals surface area contributed by atoms with Crippen molar-refractivity contribution in [2.75, 3.05) is 19.6 Å². The molecule has 1 fully saturated rings. The molecule has 2 nitrogen and oxygen atoms in total. The van der Waals surface area contributed by atoms with E-state index in [4.69, 9.17) is 0 Å². The van der Waals surface area contributed by atoms with E-state index in [1.807, 2.05) is 0 Å². The Morgan fingerprint density at radius 3 is 2.50 bits per heavy atom. The minimum Gasteiger partial charge on any atom is -0.311 e. The first-order valence-electron chi connectivity index (χ1n) is 8.14. The zero-order valence-corrected chi connectivity index (χ0v) is 13.0. The van der Waals surface area contributed by atoms with Crippen LogP contribution in [-0.2, 0) is 0 Å². The largest absolute Gasteiger partial charge is 0.311 e. The van der Waals surface area contributed by atoms with Gasteiger partial charge in [-0.3, -0.25) is 4.90 Å². The van der Waals surface area contributed by atoms with Gasteiger partial charge >= 0.3 is 0 Å². The molecule has 0 radical (unpaired) electrons. The molecular weight excluding hydrogens is 220 g/mol. The SMILES string of the molecule is CCCC1CN(CCCC(C)C)C(CCC)CN1. The van der Waals surface area contributed by atoms with Crippen LogP contribution in [0.4, 0.5) is 0 Å². The van der Waals surface area contributed by atoms with Crippen LogP contribution >= 0.6 is 0 Å². The highest BCUT2D eigenvalue weighted by atomic mass is 15.2. The molecule has 1 aliphatic heterocycles. The fourth-order valence-corrected chi connectivity index (χ4v) is 3.06. The third-order valence-corrected chi connectivity index (χ3v) is 4.10. The van der Waals surface area contributed by atoms with Crippen LogP contribution in [0.3, 0.4) is 0 Å². The molecule has 0 aromatic heterocycles. The maximum Gasteiger partial charge on any atom is 0.0221 e. The summed E-state index contributed by atoms with van der Waals surface area (Å²) in [6, 6.07) is 1.53. The third-order valence-electron chi connectivity index (χ3n) is 4.10. The molecule has 0 aromatic rings. The lowest BCUT2D eigenvalue weighted by atomic mass is 10.0. The first-order chi connectivity index (χ1) is 8.67. The van der Waals surface area contributed by atoms with Crippen molar-refractivity contribution < 1.29 is 0 Å². The van der Waals surface area contributed by atoms with E-state index in [1.54, 1.807) is 0 Å². The third kappa shape index (κ3) is 5.71. The minimum absolute atomic E-state index is 0.738. The Hall–Kier alpha value is -0.0800. The van der Waals surface area contributed by atoms with Crippen LogP contribution in [0.25, 0.3) is 0 Å². The summed E-state index contributed by atoms with van der Waals surface area (Å²) < 4.78 is 0. The number of piperazine rings is 1. The van der Waals surface area contributed by atoms with Crippen molar-refractivity contribution in [1.29, 1.82) is 0 Å². The molecule has 1 heterocycles. The van der Waals surface area contributed by atoms with Crippen LogP contribution in [0.1, 0.15) is 66.2 Å². The zero-order chi connectivity index (χ0) is 13.4. The molecule has 0 saturated carbocycles. The molecule has 108 valence electrons. The van der Waals surface area contributed by atoms with E-state index in [9.17, 15) is 0 Å². The highest BCUT2D eigenvalue weighted by Crippen LogP contribution is 2.16. The molecule has 1 N–H and O–H groups in total. The molecular formula is C16H34N2. The van der Waals surface area contributed by atoms with Gasteiger partial charge in [0, 0.05) is 25.2 Å². The quantitative estimate of drug-likeness (QED) is 0.711. The lowest BCUT2D eigenvalue weighted by Gasteiger charge is -2.40. The van der Waals surface area contributed by atoms with Crippen molar-refractivity contribution in [3.63, 3.8) is 0 Å². The average molecular weight is 254 g/mol. The van der Waals surface area contributed by atoms with Crippen LogP contribution in [0, 0.1) is 5.92 Å². The smallest absolute Gasteiger partial charge is 0.0221 e. The summed E-state index contributed by atoms with van der Waals surface area (Å²) in [4.78, 5) is 2.77. The Morgan fingerprint density at radius 1 is 1.17 bits per heavy atom. The molecule has 2 heteroatoms. The molecule has 2 unspecified atom stereocenters. The van der Waals surface area contributed by atoms with Crippen LogP contribution in [0.2, 0.25) is 0 Å². The Balaban J connectivity index is 2.38. The molecule has 0 bridgehead atoms. The Bertz CT molecular complexity index is 203. The average Bonchev–Trinajstić information content (AvgIpc) is 2.32. The predicted octanol–water partition coefficient (Wildman–Crippen LogP) is 3.67. The Labute approximate surface area is 115 Å². The van der Waals surface area contributed by atoms with Crippen molar-refractivity contribution >= 4 is 0 Å². The van der Waals surface area contributed by atoms with Gasteiger partial charge in [-0.05, 0) is 38.1 Å². The predicted molar refractivity (Wildman–Crippen MR) is 81.0 cm³/mol. The van der Waals surface area contributed by atoms with E-state index in [0.717, 1.165) is 18.0 Å². The molecule has 1 aliphatic rings. The van der Waals surface area contributed by atoms with Gasteiger partial charge in [0.1, 0.15) is 0 Å². The fourth-order valence-electron chi connectivity index (χ4n) is 3.06. The molecule has 0 aromatic carbocycles. The summed E-state index contributed by atoms with van der Waals surface area (Å²) >= 11 is 0. The van der Waals surface area contributed by atoms with Gasteiger partial charge < -0.3 is 5.32 Å². The second kappa shape index (κ2) is 8.92.